The molecule has 0 bridgehead atoms. The maximum Gasteiger partial charge on any atom is 0.119 e. The van der Waals surface area contributed by atoms with E-state index in [-0.39, 0.29) is 19.2 Å². The predicted octanol–water partition coefficient (Wildman–Crippen LogP) is 5.10. The van der Waals surface area contributed by atoms with E-state index in [2.05, 4.69) is 5.32 Å². The van der Waals surface area contributed by atoms with Crippen molar-refractivity contribution in [1.29, 1.82) is 0 Å². The number of hydrogen-bond donors (Lipinski definition) is 3. The van der Waals surface area contributed by atoms with Crippen molar-refractivity contribution in [3.8, 4) is 17.2 Å². The molecule has 0 radical (unpaired) electrons. The molecule has 0 unspecified atom stereocenters. The zero-order valence-corrected chi connectivity index (χ0v) is 21.8. The van der Waals surface area contributed by atoms with E-state index >= 15 is 0 Å². The highest BCUT2D eigenvalue weighted by Crippen LogP contribution is 2.39. The maximum atomic E-state index is 12.3. The lowest BCUT2D eigenvalue weighted by Gasteiger charge is -2.34. The van der Waals surface area contributed by atoms with Gasteiger partial charge in [0.1, 0.15) is 35.6 Å². The topological polar surface area (TPSA) is 80.2 Å². The first-order valence-corrected chi connectivity index (χ1v) is 12.7. The van der Waals surface area contributed by atoms with Crippen molar-refractivity contribution in [2.45, 2.75) is 24.2 Å². The Morgan fingerprint density at radius 2 is 1.18 bits per heavy atom. The first-order chi connectivity index (χ1) is 18.5. The number of methoxy groups -OCH3 is 2. The first-order valence-electron chi connectivity index (χ1n) is 12.7. The number of para-hydroxylation sites is 1. The summed E-state index contributed by atoms with van der Waals surface area (Å²) < 4.78 is 16.4. The Morgan fingerprint density at radius 3 is 1.68 bits per heavy atom. The van der Waals surface area contributed by atoms with Crippen molar-refractivity contribution in [2.24, 2.45) is 0 Å². The molecule has 4 rings (SSSR count). The zero-order chi connectivity index (χ0) is 26.8. The molecule has 4 aromatic carbocycles. The van der Waals surface area contributed by atoms with E-state index in [0.717, 1.165) is 16.7 Å². The lowest BCUT2D eigenvalue weighted by Crippen LogP contribution is -2.38. The van der Waals surface area contributed by atoms with Crippen molar-refractivity contribution < 1.29 is 24.4 Å². The molecule has 0 aliphatic rings. The van der Waals surface area contributed by atoms with Gasteiger partial charge in [0, 0.05) is 19.0 Å². The van der Waals surface area contributed by atoms with Crippen LogP contribution in [0.5, 0.6) is 17.2 Å². The van der Waals surface area contributed by atoms with Crippen LogP contribution in [0.3, 0.4) is 0 Å². The number of ether oxygens (including phenoxy) is 3. The van der Waals surface area contributed by atoms with Crippen molar-refractivity contribution in [3.05, 3.63) is 126 Å². The molecule has 2 atom stereocenters. The molecule has 38 heavy (non-hydrogen) atoms. The lowest BCUT2D eigenvalue weighted by molar-refractivity contribution is 0.0530. The summed E-state index contributed by atoms with van der Waals surface area (Å²) >= 11 is 0. The Hall–Kier alpha value is -3.84. The smallest absolute Gasteiger partial charge is 0.119 e. The van der Waals surface area contributed by atoms with Crippen LogP contribution in [0.25, 0.3) is 0 Å². The minimum Gasteiger partial charge on any atom is -0.497 e. The Kier molecular flexibility index (Phi) is 9.38. The lowest BCUT2D eigenvalue weighted by atomic mass is 9.79. The van der Waals surface area contributed by atoms with E-state index in [1.165, 1.54) is 0 Å². The molecule has 0 amide bonds. The van der Waals surface area contributed by atoms with Crippen LogP contribution in [-0.4, -0.2) is 43.7 Å². The molecule has 0 fully saturated rings. The van der Waals surface area contributed by atoms with E-state index in [4.69, 9.17) is 14.2 Å². The molecule has 0 saturated heterocycles. The van der Waals surface area contributed by atoms with Gasteiger partial charge < -0.3 is 29.7 Å². The van der Waals surface area contributed by atoms with Gasteiger partial charge in [-0.15, -0.1) is 0 Å². The van der Waals surface area contributed by atoms with Crippen LogP contribution >= 0.6 is 0 Å². The molecular formula is C32H35NO5. The fourth-order valence-corrected chi connectivity index (χ4v) is 4.47. The summed E-state index contributed by atoms with van der Waals surface area (Å²) in [6.07, 6.45) is -0.418. The highest BCUT2D eigenvalue weighted by molar-refractivity contribution is 5.41. The summed E-state index contributed by atoms with van der Waals surface area (Å²) in [7, 11) is 3.24. The van der Waals surface area contributed by atoms with Crippen molar-refractivity contribution >= 4 is 0 Å². The molecule has 0 aromatic heterocycles. The third-order valence-electron chi connectivity index (χ3n) is 6.62. The molecule has 0 saturated carbocycles. The second-order valence-electron chi connectivity index (χ2n) is 9.17. The first kappa shape index (κ1) is 27.2. The van der Waals surface area contributed by atoms with Gasteiger partial charge in [-0.3, -0.25) is 0 Å². The standard InChI is InChI=1S/C32H35NO5/c1-36-28-17-13-25(14-18-28)32(35,26-15-19-29(37-2)20-16-26)21-31(24-9-5-3-6-10-24)33-22-27(34)23-38-30-11-7-4-8-12-30/h3-20,27,31,33-35H,21-23H2,1-2H3/t27-,31-/m0/s1. The van der Waals surface area contributed by atoms with Crippen LogP contribution in [0.1, 0.15) is 29.2 Å². The molecular weight excluding hydrogens is 478 g/mol. The van der Waals surface area contributed by atoms with Crippen LogP contribution in [0, 0.1) is 0 Å². The molecule has 0 heterocycles. The number of aliphatic hydroxyl groups is 2. The van der Waals surface area contributed by atoms with E-state index in [0.29, 0.717) is 23.7 Å². The Labute approximate surface area is 224 Å². The maximum absolute atomic E-state index is 12.3. The van der Waals surface area contributed by atoms with Crippen molar-refractivity contribution in [1.82, 2.24) is 5.32 Å². The molecule has 0 aliphatic heterocycles. The summed E-state index contributed by atoms with van der Waals surface area (Å²) in [5.74, 6) is 2.13. The normalized spacial score (nSPS) is 12.9. The minimum absolute atomic E-state index is 0.153. The van der Waals surface area contributed by atoms with Crippen molar-refractivity contribution in [2.75, 3.05) is 27.4 Å². The van der Waals surface area contributed by atoms with Gasteiger partial charge in [0.15, 0.2) is 0 Å². The summed E-state index contributed by atoms with van der Waals surface area (Å²) in [5.41, 5.74) is 1.14. The number of rotatable bonds is 13. The molecule has 6 nitrogen and oxygen atoms in total. The number of hydrogen-bond acceptors (Lipinski definition) is 6. The predicted molar refractivity (Wildman–Crippen MR) is 149 cm³/mol. The summed E-state index contributed by atoms with van der Waals surface area (Å²) in [6, 6.07) is 34.0. The fraction of sp³-hybridized carbons (Fsp3) is 0.250. The van der Waals surface area contributed by atoms with Gasteiger partial charge in [0.25, 0.3) is 0 Å². The Bertz CT molecular complexity index is 1180. The zero-order valence-electron chi connectivity index (χ0n) is 21.8. The van der Waals surface area contributed by atoms with Crippen LogP contribution in [0.2, 0.25) is 0 Å². The average Bonchev–Trinajstić information content (AvgIpc) is 2.99. The molecule has 0 aliphatic carbocycles. The van der Waals surface area contributed by atoms with Gasteiger partial charge in [-0.25, -0.2) is 0 Å². The molecule has 198 valence electrons. The highest BCUT2D eigenvalue weighted by atomic mass is 16.5. The van der Waals surface area contributed by atoms with E-state index < -0.39 is 11.7 Å². The van der Waals surface area contributed by atoms with E-state index in [1.807, 2.05) is 109 Å². The summed E-state index contributed by atoms with van der Waals surface area (Å²) in [6.45, 7) is 0.438. The quantitative estimate of drug-likeness (QED) is 0.231. The third kappa shape index (κ3) is 6.92. The Balaban J connectivity index is 1.59. The second-order valence-corrected chi connectivity index (χ2v) is 9.17. The van der Waals surface area contributed by atoms with Gasteiger partial charge in [-0.1, -0.05) is 72.8 Å². The third-order valence-corrected chi connectivity index (χ3v) is 6.62. The van der Waals surface area contributed by atoms with Gasteiger partial charge >= 0.3 is 0 Å². The largest absolute Gasteiger partial charge is 0.497 e. The van der Waals surface area contributed by atoms with E-state index in [1.54, 1.807) is 14.2 Å². The number of benzene rings is 4. The van der Waals surface area contributed by atoms with Crippen LogP contribution in [0.15, 0.2) is 109 Å². The molecule has 6 heteroatoms. The average molecular weight is 514 g/mol. The minimum atomic E-state index is -1.34. The van der Waals surface area contributed by atoms with Crippen LogP contribution < -0.4 is 19.5 Å². The van der Waals surface area contributed by atoms with Crippen LogP contribution in [-0.2, 0) is 5.60 Å². The van der Waals surface area contributed by atoms with Crippen LogP contribution in [0.4, 0.5) is 0 Å². The number of nitrogens with one attached hydrogen (secondary N) is 1. The van der Waals surface area contributed by atoms with E-state index in [9.17, 15) is 10.2 Å². The monoisotopic (exact) mass is 513 g/mol. The summed E-state index contributed by atoms with van der Waals surface area (Å²) in [5, 5.41) is 26.5. The van der Waals surface area contributed by atoms with Gasteiger partial charge in [0.05, 0.1) is 14.2 Å². The van der Waals surface area contributed by atoms with Gasteiger partial charge in [-0.05, 0) is 53.1 Å². The van der Waals surface area contributed by atoms with Gasteiger partial charge in [0.2, 0.25) is 0 Å². The highest BCUT2D eigenvalue weighted by Gasteiger charge is 2.35. The Morgan fingerprint density at radius 1 is 0.684 bits per heavy atom. The van der Waals surface area contributed by atoms with Crippen molar-refractivity contribution in [3.63, 3.8) is 0 Å². The fourth-order valence-electron chi connectivity index (χ4n) is 4.47. The molecule has 4 aromatic rings. The molecule has 0 spiro atoms. The number of aliphatic hydroxyl groups excluding tert-OH is 1. The second kappa shape index (κ2) is 13.1. The SMILES string of the molecule is COc1ccc(C(O)(C[C@H](NC[C@H](O)COc2ccccc2)c2ccccc2)c2ccc(OC)cc2)cc1. The summed E-state index contributed by atoms with van der Waals surface area (Å²) in [4.78, 5) is 0. The van der Waals surface area contributed by atoms with Gasteiger partial charge in [-0.2, -0.15) is 0 Å². The molecule has 3 N–H and O–H groups in total.